The number of carbonyl (C=O) groups excluding carboxylic acids is 4. The highest BCUT2D eigenvalue weighted by atomic mass is 32.1. The summed E-state index contributed by atoms with van der Waals surface area (Å²) in [6.07, 6.45) is 16.5. The highest BCUT2D eigenvalue weighted by molar-refractivity contribution is 7.13. The Labute approximate surface area is 601 Å². The molecule has 0 atom stereocenters. The zero-order valence-corrected chi connectivity index (χ0v) is 58.5. The number of anilines is 2. The summed E-state index contributed by atoms with van der Waals surface area (Å²) in [7, 11) is 0. The van der Waals surface area contributed by atoms with Gasteiger partial charge in [-0.15, -0.1) is 22.7 Å². The molecule has 10 heterocycles. The molecule has 0 unspecified atom stereocenters. The maximum absolute atomic E-state index is 14.8. The van der Waals surface area contributed by atoms with Crippen molar-refractivity contribution in [3.8, 4) is 49.7 Å². The molecule has 2 aliphatic carbocycles. The van der Waals surface area contributed by atoms with Crippen LogP contribution in [0.25, 0.3) is 43.9 Å². The van der Waals surface area contributed by atoms with Crippen LogP contribution in [0.2, 0.25) is 0 Å². The molecule has 13 rings (SSSR count). The van der Waals surface area contributed by atoms with Crippen molar-refractivity contribution in [1.82, 2.24) is 69.3 Å². The maximum Gasteiger partial charge on any atom is 0.513 e. The van der Waals surface area contributed by atoms with Gasteiger partial charge in [0, 0.05) is 111 Å². The van der Waals surface area contributed by atoms with Gasteiger partial charge in [-0.05, 0) is 114 Å². The highest BCUT2D eigenvalue weighted by Gasteiger charge is 2.30. The molecule has 104 heavy (non-hydrogen) atoms. The third kappa shape index (κ3) is 20.8. The fraction of sp³-hybridized carbons (Fsp3) is 0.441. The Hall–Kier alpha value is -9.82. The lowest BCUT2D eigenvalue weighted by Gasteiger charge is -2.28. The van der Waals surface area contributed by atoms with Crippen molar-refractivity contribution >= 4 is 63.8 Å². The number of hydrogen-bond acceptors (Lipinski definition) is 25. The van der Waals surface area contributed by atoms with E-state index >= 15 is 0 Å². The van der Waals surface area contributed by atoms with Crippen LogP contribution in [0.4, 0.5) is 44.2 Å². The van der Waals surface area contributed by atoms with Crippen LogP contribution in [-0.2, 0) is 28.4 Å². The SMILES string of the molecule is CCOC1CCC(n2cc(NC(=O)c3csc(-c4cn[nH]c4)n3)c(-c3nc(F)ccc3F)n2)CC1.CCOC1CCC(n2cc(NC(=O)c3csc(-c4cnn(C(=O)OCCCN5CCOCC5)c4)n3)c(-c3nc(F)ccc3F)n2)CC1.O=C(OCCCN1CCOCC1)Oc1ccc([N+](=O)[O-])cc1. The third-order valence-electron chi connectivity index (χ3n) is 17.2. The summed E-state index contributed by atoms with van der Waals surface area (Å²) in [5.41, 5.74) is 1.43. The largest absolute Gasteiger partial charge is 0.513 e. The van der Waals surface area contributed by atoms with Crippen molar-refractivity contribution in [2.24, 2.45) is 0 Å². The van der Waals surface area contributed by atoms with Crippen LogP contribution in [0.15, 0.2) is 96.5 Å². The predicted molar refractivity (Wildman–Crippen MR) is 371 cm³/mol. The number of benzene rings is 1. The number of pyridine rings is 2. The van der Waals surface area contributed by atoms with Gasteiger partial charge < -0.3 is 43.8 Å². The third-order valence-corrected chi connectivity index (χ3v) is 19.0. The van der Waals surface area contributed by atoms with Gasteiger partial charge in [0.15, 0.2) is 11.6 Å². The van der Waals surface area contributed by atoms with Crippen LogP contribution in [0, 0.1) is 33.6 Å². The molecule has 4 fully saturated rings. The number of carbonyl (C=O) groups is 4. The number of H-pyrrole nitrogens is 1. The quantitative estimate of drug-likeness (QED) is 0.00962. The molecule has 8 aromatic heterocycles. The number of rotatable bonds is 24. The zero-order valence-electron chi connectivity index (χ0n) is 56.9. The first-order valence-electron chi connectivity index (χ1n) is 34.0. The summed E-state index contributed by atoms with van der Waals surface area (Å²) in [5.74, 6) is -4.06. The van der Waals surface area contributed by atoms with Gasteiger partial charge in [0.1, 0.15) is 49.9 Å². The number of hydrogen-bond donors (Lipinski definition) is 3. The minimum Gasteiger partial charge on any atom is -0.448 e. The summed E-state index contributed by atoms with van der Waals surface area (Å²) in [6.45, 7) is 13.9. The molecule has 4 aliphatic rings. The van der Waals surface area contributed by atoms with E-state index < -0.39 is 52.5 Å². The number of non-ortho nitro benzene ring substituents is 1. The molecule has 9 aromatic rings. The first-order chi connectivity index (χ1) is 50.5. The van der Waals surface area contributed by atoms with Crippen LogP contribution in [-0.4, -0.2) is 203 Å². The Morgan fingerprint density at radius 3 is 1.58 bits per heavy atom. The Balaban J connectivity index is 0.000000167. The molecule has 2 saturated heterocycles. The standard InChI is InChI=1S/C31H36F2N8O5S.C23H23F2N7O2S.C14H18N2O6/c1-2-45-22-6-4-21(5-7-22)40-18-24(28(38-40)27-23(32)8-9-26(33)37-27)35-29(42)25-19-47-30(36-25)20-16-34-41(17-20)31(43)46-13-3-10-39-11-14-44-15-12-39;1-2-34-15-5-3-14(4-6-15)32-11-17(21(31-32)20-16(24)7-8-19(25)30-20)28-22(33)18-12-35-23(29-18)13-9-26-27-10-13;17-14(21-9-1-6-15-7-10-20-11-8-15)22-13-4-2-12(3-5-13)16(18)19/h8-9,16-19,21-22H,2-7,10-15H2,1H3,(H,35,42);7-12,14-15H,2-6H2,1H3,(H,26,27)(H,28,33);2-5H,1,6-11H2. The topological polar surface area (TPSA) is 340 Å². The number of amides is 2. The number of nitro benzene ring substituents is 1. The van der Waals surface area contributed by atoms with E-state index in [9.17, 15) is 46.9 Å². The van der Waals surface area contributed by atoms with Crippen molar-refractivity contribution in [3.05, 3.63) is 142 Å². The molecule has 36 heteroatoms. The van der Waals surface area contributed by atoms with E-state index in [0.717, 1.165) is 145 Å². The maximum atomic E-state index is 14.8. The van der Waals surface area contributed by atoms with E-state index in [1.165, 1.54) is 59.3 Å². The minimum atomic E-state index is -0.869. The molecule has 2 amide bonds. The van der Waals surface area contributed by atoms with Gasteiger partial charge in [-0.1, -0.05) is 0 Å². The number of nitro groups is 1. The fourth-order valence-corrected chi connectivity index (χ4v) is 13.5. The van der Waals surface area contributed by atoms with E-state index in [1.807, 2.05) is 13.8 Å². The number of morpholine rings is 2. The molecule has 3 N–H and O–H groups in total. The van der Waals surface area contributed by atoms with Gasteiger partial charge in [0.25, 0.3) is 17.5 Å². The molecule has 0 radical (unpaired) electrons. The van der Waals surface area contributed by atoms with Gasteiger partial charge in [-0.2, -0.15) is 33.9 Å². The normalized spacial score (nSPS) is 17.8. The van der Waals surface area contributed by atoms with E-state index in [2.05, 4.69) is 65.9 Å². The number of aromatic nitrogens is 12. The lowest BCUT2D eigenvalue weighted by atomic mass is 9.93. The van der Waals surface area contributed by atoms with E-state index in [0.29, 0.717) is 48.4 Å². The summed E-state index contributed by atoms with van der Waals surface area (Å²) >= 11 is 2.49. The monoisotopic (exact) mass is 1480 g/mol. The molecule has 552 valence electrons. The lowest BCUT2D eigenvalue weighted by molar-refractivity contribution is -0.384. The molecule has 0 bridgehead atoms. The summed E-state index contributed by atoms with van der Waals surface area (Å²) < 4.78 is 99.2. The Morgan fingerprint density at radius 2 is 1.11 bits per heavy atom. The van der Waals surface area contributed by atoms with Crippen molar-refractivity contribution < 1.29 is 74.8 Å². The number of nitrogens with zero attached hydrogens (tertiary/aromatic N) is 14. The molecular weight excluding hydrogens is 1400 g/mol. The van der Waals surface area contributed by atoms with Gasteiger partial charge in [0.05, 0.1) is 92.6 Å². The number of aromatic amines is 1. The van der Waals surface area contributed by atoms with Crippen molar-refractivity contribution in [2.75, 3.05) is 103 Å². The van der Waals surface area contributed by atoms with Gasteiger partial charge >= 0.3 is 12.2 Å². The van der Waals surface area contributed by atoms with Gasteiger partial charge in [0.2, 0.25) is 11.9 Å². The highest BCUT2D eigenvalue weighted by Crippen LogP contribution is 2.37. The fourth-order valence-electron chi connectivity index (χ4n) is 11.9. The Kier molecular flexibility index (Phi) is 26.8. The predicted octanol–water partition coefficient (Wildman–Crippen LogP) is 11.7. The molecule has 30 nitrogen and oxygen atoms in total. The molecular formula is C68H77F4N17O13S2. The first-order valence-corrected chi connectivity index (χ1v) is 35.8. The average Bonchev–Trinajstić information content (AvgIpc) is 1.64. The summed E-state index contributed by atoms with van der Waals surface area (Å²) in [4.78, 5) is 81.0. The number of halogens is 4. The van der Waals surface area contributed by atoms with Crippen LogP contribution in [0.1, 0.15) is 111 Å². The second-order valence-electron chi connectivity index (χ2n) is 24.3. The number of ether oxygens (including phenoxy) is 7. The molecule has 2 saturated carbocycles. The van der Waals surface area contributed by atoms with E-state index in [4.69, 9.17) is 33.2 Å². The Morgan fingerprint density at radius 1 is 0.615 bits per heavy atom. The lowest BCUT2D eigenvalue weighted by Crippen LogP contribution is -2.37. The van der Waals surface area contributed by atoms with E-state index in [1.54, 1.807) is 44.9 Å². The number of nitrogens with one attached hydrogen (secondary N) is 3. The van der Waals surface area contributed by atoms with Crippen molar-refractivity contribution in [3.63, 3.8) is 0 Å². The van der Waals surface area contributed by atoms with Gasteiger partial charge in [-0.3, -0.25) is 44.0 Å². The van der Waals surface area contributed by atoms with Crippen LogP contribution >= 0.6 is 22.7 Å². The molecule has 2 aliphatic heterocycles. The van der Waals surface area contributed by atoms with Crippen LogP contribution < -0.4 is 15.4 Å². The molecule has 1 aromatic carbocycles. The Bertz CT molecular complexity index is 4300. The minimum absolute atomic E-state index is 0.00778. The first kappa shape index (κ1) is 75.3. The second-order valence-corrected chi connectivity index (χ2v) is 26.0. The second kappa shape index (κ2) is 37.1. The van der Waals surface area contributed by atoms with Crippen LogP contribution in [0.3, 0.4) is 0 Å². The summed E-state index contributed by atoms with van der Waals surface area (Å²) in [5, 5.41) is 40.1. The smallest absolute Gasteiger partial charge is 0.448 e. The van der Waals surface area contributed by atoms with Crippen LogP contribution in [0.5, 0.6) is 5.75 Å². The molecule has 0 spiro atoms. The van der Waals surface area contributed by atoms with Crippen molar-refractivity contribution in [2.45, 2.75) is 102 Å². The number of thiazole rings is 2. The zero-order chi connectivity index (χ0) is 72.9. The van der Waals surface area contributed by atoms with E-state index in [-0.39, 0.29) is 94.5 Å². The average molecular weight is 1480 g/mol. The van der Waals surface area contributed by atoms with Gasteiger partial charge in [-0.25, -0.2) is 38.3 Å². The van der Waals surface area contributed by atoms with Crippen molar-refractivity contribution in [1.29, 1.82) is 0 Å². The summed E-state index contributed by atoms with van der Waals surface area (Å²) in [6, 6.07) is 9.11.